The zero-order valence-electron chi connectivity index (χ0n) is 12.9. The first-order valence-electron chi connectivity index (χ1n) is 8.48. The highest BCUT2D eigenvalue weighted by Crippen LogP contribution is 2.38. The number of fused-ring (bicyclic) bond motifs is 1. The molecule has 0 spiro atoms. The van der Waals surface area contributed by atoms with Gasteiger partial charge in [-0.15, -0.1) is 0 Å². The molecule has 1 aromatic carbocycles. The highest BCUT2D eigenvalue weighted by Gasteiger charge is 2.39. The third-order valence-electron chi connectivity index (χ3n) is 5.48. The Morgan fingerprint density at radius 1 is 1.24 bits per heavy atom. The fraction of sp³-hybridized carbons (Fsp3) is 0.667. The molecule has 0 bridgehead atoms. The fourth-order valence-electron chi connectivity index (χ4n) is 4.12. The quantitative estimate of drug-likeness (QED) is 0.895. The van der Waals surface area contributed by atoms with Crippen LogP contribution in [-0.4, -0.2) is 30.3 Å². The van der Waals surface area contributed by atoms with E-state index in [4.69, 9.17) is 5.73 Å². The van der Waals surface area contributed by atoms with Crippen LogP contribution < -0.4 is 10.6 Å². The first kappa shape index (κ1) is 14.9. The van der Waals surface area contributed by atoms with Crippen LogP contribution in [0.25, 0.3) is 0 Å². The smallest absolute Gasteiger partial charge is 0.0798 e. The lowest BCUT2D eigenvalue weighted by Gasteiger charge is -2.32. The number of para-hydroxylation sites is 1. The van der Waals surface area contributed by atoms with Crippen molar-refractivity contribution in [2.45, 2.75) is 50.5 Å². The summed E-state index contributed by atoms with van der Waals surface area (Å²) in [5, 5.41) is 10.6. The highest BCUT2D eigenvalue weighted by molar-refractivity contribution is 5.54. The third kappa shape index (κ3) is 3.09. The van der Waals surface area contributed by atoms with E-state index < -0.39 is 5.60 Å². The van der Waals surface area contributed by atoms with Gasteiger partial charge in [0.1, 0.15) is 0 Å². The largest absolute Gasteiger partial charge is 0.388 e. The van der Waals surface area contributed by atoms with Crippen LogP contribution in [0.15, 0.2) is 24.3 Å². The molecular weight excluding hydrogens is 260 g/mol. The third-order valence-corrected chi connectivity index (χ3v) is 5.48. The molecule has 0 aromatic heterocycles. The summed E-state index contributed by atoms with van der Waals surface area (Å²) in [5.41, 5.74) is 8.09. The van der Waals surface area contributed by atoms with Crippen molar-refractivity contribution in [3.63, 3.8) is 0 Å². The molecule has 2 unspecified atom stereocenters. The number of nitrogens with two attached hydrogens (primary N) is 1. The lowest BCUT2D eigenvalue weighted by Crippen LogP contribution is -2.42. The van der Waals surface area contributed by atoms with Gasteiger partial charge >= 0.3 is 0 Å². The van der Waals surface area contributed by atoms with Crippen LogP contribution in [0.4, 0.5) is 5.69 Å². The normalized spacial score (nSPS) is 29.2. The minimum Gasteiger partial charge on any atom is -0.388 e. The Morgan fingerprint density at radius 2 is 2.10 bits per heavy atom. The predicted octanol–water partition coefficient (Wildman–Crippen LogP) is 2.71. The van der Waals surface area contributed by atoms with E-state index in [1.165, 1.54) is 30.5 Å². The van der Waals surface area contributed by atoms with Gasteiger partial charge in [0.25, 0.3) is 0 Å². The Balaban J connectivity index is 1.68. The summed E-state index contributed by atoms with van der Waals surface area (Å²) in [7, 11) is 0. The topological polar surface area (TPSA) is 49.5 Å². The van der Waals surface area contributed by atoms with Crippen LogP contribution >= 0.6 is 0 Å². The highest BCUT2D eigenvalue weighted by atomic mass is 16.3. The zero-order chi connectivity index (χ0) is 14.7. The van der Waals surface area contributed by atoms with Crippen LogP contribution in [0.5, 0.6) is 0 Å². The van der Waals surface area contributed by atoms with Gasteiger partial charge < -0.3 is 15.7 Å². The molecule has 0 radical (unpaired) electrons. The number of benzene rings is 1. The molecule has 1 heterocycles. The number of hydrogen-bond acceptors (Lipinski definition) is 3. The van der Waals surface area contributed by atoms with E-state index >= 15 is 0 Å². The molecule has 2 atom stereocenters. The van der Waals surface area contributed by atoms with E-state index in [0.717, 1.165) is 38.8 Å². The molecule has 1 saturated carbocycles. The number of aryl methyl sites for hydroxylation is 1. The molecule has 1 fully saturated rings. The molecule has 3 nitrogen and oxygen atoms in total. The Morgan fingerprint density at radius 3 is 2.95 bits per heavy atom. The zero-order valence-corrected chi connectivity index (χ0v) is 12.9. The maximum Gasteiger partial charge on any atom is 0.0798 e. The summed E-state index contributed by atoms with van der Waals surface area (Å²) in [4.78, 5) is 2.53. The van der Waals surface area contributed by atoms with E-state index in [1.807, 2.05) is 0 Å². The van der Waals surface area contributed by atoms with Gasteiger partial charge in [-0.2, -0.15) is 0 Å². The molecule has 1 aromatic rings. The first-order chi connectivity index (χ1) is 10.2. The Bertz CT molecular complexity index is 476. The van der Waals surface area contributed by atoms with Crippen molar-refractivity contribution in [1.29, 1.82) is 0 Å². The maximum atomic E-state index is 10.6. The number of hydrogen-bond donors (Lipinski definition) is 2. The van der Waals surface area contributed by atoms with Crippen molar-refractivity contribution >= 4 is 5.69 Å². The van der Waals surface area contributed by atoms with Crippen LogP contribution in [-0.2, 0) is 6.42 Å². The number of rotatable bonds is 4. The van der Waals surface area contributed by atoms with E-state index in [9.17, 15) is 5.11 Å². The summed E-state index contributed by atoms with van der Waals surface area (Å²) in [5.74, 6) is 0.373. The number of aliphatic hydroxyl groups is 1. The summed E-state index contributed by atoms with van der Waals surface area (Å²) in [6, 6.07) is 8.80. The van der Waals surface area contributed by atoms with Gasteiger partial charge in [-0.1, -0.05) is 24.6 Å². The molecule has 3 heteroatoms. The van der Waals surface area contributed by atoms with Gasteiger partial charge in [-0.25, -0.2) is 0 Å². The number of anilines is 1. The van der Waals surface area contributed by atoms with E-state index in [-0.39, 0.29) is 0 Å². The second kappa shape index (κ2) is 6.37. The lowest BCUT2D eigenvalue weighted by atomic mass is 9.88. The van der Waals surface area contributed by atoms with Crippen molar-refractivity contribution in [3.05, 3.63) is 29.8 Å². The summed E-state index contributed by atoms with van der Waals surface area (Å²) in [6.07, 6.45) is 7.93. The first-order valence-corrected chi connectivity index (χ1v) is 8.48. The molecule has 1 aliphatic carbocycles. The standard InChI is InChI=1S/C18H28N2O/c19-14-18(21)11-5-8-16(18)10-13-20-12-4-3-7-15-6-1-2-9-17(15)20/h1-2,6,9,16,21H,3-5,7-8,10-14,19H2. The van der Waals surface area contributed by atoms with E-state index in [2.05, 4.69) is 29.2 Å². The predicted molar refractivity (Wildman–Crippen MR) is 87.6 cm³/mol. The molecular formula is C18H28N2O. The van der Waals surface area contributed by atoms with Crippen molar-refractivity contribution < 1.29 is 5.11 Å². The summed E-state index contributed by atoms with van der Waals surface area (Å²) < 4.78 is 0. The Kier molecular flexibility index (Phi) is 4.51. The van der Waals surface area contributed by atoms with Gasteiger partial charge in [-0.3, -0.25) is 0 Å². The van der Waals surface area contributed by atoms with Crippen LogP contribution in [0.2, 0.25) is 0 Å². The van der Waals surface area contributed by atoms with Gasteiger partial charge in [0.15, 0.2) is 0 Å². The van der Waals surface area contributed by atoms with Crippen LogP contribution in [0, 0.1) is 5.92 Å². The summed E-state index contributed by atoms with van der Waals surface area (Å²) >= 11 is 0. The van der Waals surface area contributed by atoms with E-state index in [0.29, 0.717) is 12.5 Å². The molecule has 3 N–H and O–H groups in total. The molecule has 1 aliphatic heterocycles. The van der Waals surface area contributed by atoms with Gasteiger partial charge in [0, 0.05) is 25.3 Å². The maximum absolute atomic E-state index is 10.6. The molecule has 2 aliphatic rings. The van der Waals surface area contributed by atoms with Gasteiger partial charge in [0.05, 0.1) is 5.60 Å². The van der Waals surface area contributed by atoms with Gasteiger partial charge in [-0.05, 0) is 56.1 Å². The average molecular weight is 288 g/mol. The SMILES string of the molecule is NCC1(O)CCCC1CCN1CCCCc2ccccc21. The van der Waals surface area contributed by atoms with Crippen molar-refractivity contribution in [3.8, 4) is 0 Å². The fourth-order valence-corrected chi connectivity index (χ4v) is 4.12. The van der Waals surface area contributed by atoms with Crippen LogP contribution in [0.3, 0.4) is 0 Å². The van der Waals surface area contributed by atoms with E-state index in [1.54, 1.807) is 0 Å². The minimum absolute atomic E-state index is 0.373. The second-order valence-corrected chi connectivity index (χ2v) is 6.76. The van der Waals surface area contributed by atoms with Crippen molar-refractivity contribution in [1.82, 2.24) is 0 Å². The summed E-state index contributed by atoms with van der Waals surface area (Å²) in [6.45, 7) is 2.60. The molecule has 0 amide bonds. The molecule has 3 rings (SSSR count). The molecule has 0 saturated heterocycles. The minimum atomic E-state index is -0.606. The second-order valence-electron chi connectivity index (χ2n) is 6.76. The van der Waals surface area contributed by atoms with Crippen molar-refractivity contribution in [2.75, 3.05) is 24.5 Å². The molecule has 116 valence electrons. The lowest BCUT2D eigenvalue weighted by molar-refractivity contribution is 0.00887. The number of nitrogens with zero attached hydrogens (tertiary/aromatic N) is 1. The van der Waals surface area contributed by atoms with Crippen LogP contribution in [0.1, 0.15) is 44.1 Å². The molecule has 21 heavy (non-hydrogen) atoms. The van der Waals surface area contributed by atoms with Gasteiger partial charge in [0.2, 0.25) is 0 Å². The average Bonchev–Trinajstić information content (AvgIpc) is 2.76. The van der Waals surface area contributed by atoms with Crippen molar-refractivity contribution in [2.24, 2.45) is 11.7 Å². The Labute approximate surface area is 128 Å². The Hall–Kier alpha value is -1.06. The monoisotopic (exact) mass is 288 g/mol.